The average molecular weight is 554 g/mol. The Kier molecular flexibility index (Phi) is 7.17. The van der Waals surface area contributed by atoms with Crippen LogP contribution in [0.25, 0.3) is 16.6 Å². The van der Waals surface area contributed by atoms with E-state index in [1.165, 1.54) is 18.4 Å². The number of hydrogen-bond donors (Lipinski definition) is 2. The molecule has 0 radical (unpaired) electrons. The summed E-state index contributed by atoms with van der Waals surface area (Å²) in [5.41, 5.74) is 10.4. The van der Waals surface area contributed by atoms with E-state index in [2.05, 4.69) is 22.2 Å². The van der Waals surface area contributed by atoms with Gasteiger partial charge in [0.05, 0.1) is 11.4 Å². The minimum atomic E-state index is -0.501. The third kappa shape index (κ3) is 5.27. The predicted octanol–water partition coefficient (Wildman–Crippen LogP) is 4.66. The summed E-state index contributed by atoms with van der Waals surface area (Å²) in [5.74, 6) is 1.30. The van der Waals surface area contributed by atoms with Gasteiger partial charge in [0.2, 0.25) is 0 Å². The summed E-state index contributed by atoms with van der Waals surface area (Å²) < 4.78 is 7.10. The zero-order valence-electron chi connectivity index (χ0n) is 23.6. The van der Waals surface area contributed by atoms with Crippen LogP contribution < -0.4 is 11.1 Å². The monoisotopic (exact) mass is 553 g/mol. The van der Waals surface area contributed by atoms with Gasteiger partial charge in [-0.25, -0.2) is 14.6 Å². The van der Waals surface area contributed by atoms with Gasteiger partial charge in [-0.3, -0.25) is 9.59 Å². The fourth-order valence-corrected chi connectivity index (χ4v) is 5.70. The van der Waals surface area contributed by atoms with Gasteiger partial charge in [0, 0.05) is 49.0 Å². The maximum Gasteiger partial charge on any atom is 0.256 e. The number of anilines is 2. The summed E-state index contributed by atoms with van der Waals surface area (Å²) in [6.07, 6.45) is 7.07. The van der Waals surface area contributed by atoms with Crippen LogP contribution in [-0.4, -0.2) is 62.3 Å². The molecular formula is C31H35N7O3. The number of carbonyl (C=O) groups excluding carboxylic acids is 2. The highest BCUT2D eigenvalue weighted by Gasteiger charge is 2.34. The number of nitrogens with two attached hydrogens (primary N) is 1. The predicted molar refractivity (Wildman–Crippen MR) is 157 cm³/mol. The molecule has 212 valence electrons. The number of methoxy groups -OCH3 is 1. The lowest BCUT2D eigenvalue weighted by Gasteiger charge is -2.38. The summed E-state index contributed by atoms with van der Waals surface area (Å²) in [6.45, 7) is 4.41. The number of piperidine rings is 1. The lowest BCUT2D eigenvalue weighted by molar-refractivity contribution is -0.144. The van der Waals surface area contributed by atoms with Crippen molar-refractivity contribution in [2.45, 2.75) is 63.5 Å². The first-order valence-corrected chi connectivity index (χ1v) is 14.2. The second-order valence-electron chi connectivity index (χ2n) is 11.1. The minimum absolute atomic E-state index is 0.0158. The van der Waals surface area contributed by atoms with Gasteiger partial charge in [-0.05, 0) is 93.5 Å². The van der Waals surface area contributed by atoms with Gasteiger partial charge in [0.25, 0.3) is 11.8 Å². The molecule has 3 N–H and O–H groups in total. The highest BCUT2D eigenvalue weighted by Crippen LogP contribution is 2.40. The van der Waals surface area contributed by atoms with Crippen LogP contribution in [0.1, 0.15) is 73.0 Å². The molecule has 10 heteroatoms. The number of hydrogen-bond acceptors (Lipinski definition) is 7. The molecule has 0 bridgehead atoms. The number of carbonyl (C=O) groups is 2. The smallest absolute Gasteiger partial charge is 0.256 e. The molecule has 1 aliphatic heterocycles. The van der Waals surface area contributed by atoms with E-state index in [0.29, 0.717) is 35.2 Å². The first-order valence-electron chi connectivity index (χ1n) is 14.2. The first-order chi connectivity index (χ1) is 19.8. The Bertz CT molecular complexity index is 1600. The summed E-state index contributed by atoms with van der Waals surface area (Å²) in [6, 6.07) is 13.3. The summed E-state index contributed by atoms with van der Waals surface area (Å²) in [7, 11) is 1.55. The van der Waals surface area contributed by atoms with Gasteiger partial charge in [-0.15, -0.1) is 0 Å². The Morgan fingerprint density at radius 2 is 1.76 bits per heavy atom. The van der Waals surface area contributed by atoms with Crippen molar-refractivity contribution >= 4 is 34.4 Å². The molecule has 3 aromatic heterocycles. The average Bonchev–Trinajstić information content (AvgIpc) is 3.77. The number of pyridine rings is 2. The van der Waals surface area contributed by atoms with Crippen molar-refractivity contribution < 1.29 is 14.3 Å². The second kappa shape index (κ2) is 10.9. The molecule has 4 aromatic rings. The zero-order valence-corrected chi connectivity index (χ0v) is 23.6. The van der Waals surface area contributed by atoms with Crippen molar-refractivity contribution in [2.75, 3.05) is 24.7 Å². The van der Waals surface area contributed by atoms with Gasteiger partial charge in [-0.2, -0.15) is 5.10 Å². The Labute approximate surface area is 238 Å². The highest BCUT2D eigenvalue weighted by molar-refractivity contribution is 6.04. The number of likely N-dealkylation sites (tertiary alicyclic amines) is 1. The molecule has 2 amide bonds. The number of aromatic nitrogens is 4. The lowest BCUT2D eigenvalue weighted by atomic mass is 9.89. The number of nitrogen functional groups attached to an aromatic ring is 1. The van der Waals surface area contributed by atoms with E-state index in [4.69, 9.17) is 15.6 Å². The molecule has 2 aliphatic rings. The van der Waals surface area contributed by atoms with Gasteiger partial charge < -0.3 is 20.7 Å². The van der Waals surface area contributed by atoms with E-state index in [1.54, 1.807) is 43.2 Å². The Hall–Kier alpha value is -4.31. The number of rotatable bonds is 7. The molecule has 0 spiro atoms. The van der Waals surface area contributed by atoms with Crippen LogP contribution in [0.3, 0.4) is 0 Å². The van der Waals surface area contributed by atoms with Gasteiger partial charge in [0.15, 0.2) is 0 Å². The summed E-state index contributed by atoms with van der Waals surface area (Å²) in [4.78, 5) is 36.5. The molecule has 3 unspecified atom stereocenters. The van der Waals surface area contributed by atoms with Crippen molar-refractivity contribution in [1.29, 1.82) is 0 Å². The van der Waals surface area contributed by atoms with Crippen LogP contribution in [0.15, 0.2) is 54.9 Å². The van der Waals surface area contributed by atoms with Crippen LogP contribution in [0, 0.1) is 0 Å². The summed E-state index contributed by atoms with van der Waals surface area (Å²) >= 11 is 0. The molecule has 1 saturated carbocycles. The van der Waals surface area contributed by atoms with Crippen LogP contribution >= 0.6 is 0 Å². The maximum atomic E-state index is 13.0. The minimum Gasteiger partial charge on any atom is -0.382 e. The quantitative estimate of drug-likeness (QED) is 0.341. The Balaban J connectivity index is 1.27. The van der Waals surface area contributed by atoms with Crippen LogP contribution in [0.5, 0.6) is 0 Å². The van der Waals surface area contributed by atoms with E-state index >= 15 is 0 Å². The number of ether oxygens (including phenoxy) is 1. The number of benzene rings is 1. The first kappa shape index (κ1) is 26.9. The SMILES string of the molecule is COC(C)C(=O)N1CC(c2nn(-c3ccc(C(=O)Nc4cc(C5CC5)ccn4)cc3)c3c(N)nccc23)CCC1C. The van der Waals surface area contributed by atoms with E-state index in [9.17, 15) is 9.59 Å². The van der Waals surface area contributed by atoms with E-state index in [-0.39, 0.29) is 23.8 Å². The normalized spacial score (nSPS) is 19.7. The third-order valence-corrected chi connectivity index (χ3v) is 8.35. The van der Waals surface area contributed by atoms with Crippen molar-refractivity contribution in [1.82, 2.24) is 24.6 Å². The zero-order chi connectivity index (χ0) is 28.7. The van der Waals surface area contributed by atoms with Gasteiger partial charge in [-0.1, -0.05) is 0 Å². The fourth-order valence-electron chi connectivity index (χ4n) is 5.70. The number of fused-ring (bicyclic) bond motifs is 1. The molecule has 10 nitrogen and oxygen atoms in total. The Morgan fingerprint density at radius 3 is 2.49 bits per heavy atom. The van der Waals surface area contributed by atoms with Gasteiger partial charge >= 0.3 is 0 Å². The summed E-state index contributed by atoms with van der Waals surface area (Å²) in [5, 5.41) is 8.84. The van der Waals surface area contributed by atoms with E-state index < -0.39 is 6.10 Å². The molecule has 1 saturated heterocycles. The largest absolute Gasteiger partial charge is 0.382 e. The highest BCUT2D eigenvalue weighted by atomic mass is 16.5. The van der Waals surface area contributed by atoms with Crippen LogP contribution in [0.2, 0.25) is 0 Å². The van der Waals surface area contributed by atoms with Crippen LogP contribution in [-0.2, 0) is 9.53 Å². The standard InChI is InChI=1S/C31H35N7O3/c1-18-4-5-23(17-37(18)31(40)19(2)41-3)27-25-13-15-34-29(32)28(25)38(36-27)24-10-8-21(9-11-24)30(39)35-26-16-22(12-14-33-26)20-6-7-20/h8-16,18-20,23H,4-7,17H2,1-3H3,(H2,32,34)(H,33,35,39). The Morgan fingerprint density at radius 1 is 1.02 bits per heavy atom. The second-order valence-corrected chi connectivity index (χ2v) is 11.1. The number of nitrogens with one attached hydrogen (secondary N) is 1. The van der Waals surface area contributed by atoms with Crippen molar-refractivity contribution in [3.63, 3.8) is 0 Å². The molecule has 4 heterocycles. The van der Waals surface area contributed by atoms with E-state index in [0.717, 1.165) is 29.6 Å². The van der Waals surface area contributed by atoms with Crippen molar-refractivity contribution in [2.24, 2.45) is 0 Å². The molecule has 6 rings (SSSR count). The number of amides is 2. The van der Waals surface area contributed by atoms with E-state index in [1.807, 2.05) is 35.2 Å². The van der Waals surface area contributed by atoms with Gasteiger partial charge in [0.1, 0.15) is 23.3 Å². The third-order valence-electron chi connectivity index (χ3n) is 8.35. The molecule has 2 fully saturated rings. The molecule has 3 atom stereocenters. The molecule has 1 aliphatic carbocycles. The molecule has 1 aromatic carbocycles. The topological polar surface area (TPSA) is 128 Å². The molecular weight excluding hydrogens is 518 g/mol. The van der Waals surface area contributed by atoms with Crippen molar-refractivity contribution in [3.05, 3.63) is 71.7 Å². The molecule has 41 heavy (non-hydrogen) atoms. The maximum absolute atomic E-state index is 13.0. The van der Waals surface area contributed by atoms with Crippen LogP contribution in [0.4, 0.5) is 11.6 Å². The fraction of sp³-hybridized carbons (Fsp3) is 0.387. The van der Waals surface area contributed by atoms with Crippen molar-refractivity contribution in [3.8, 4) is 5.69 Å². The lowest BCUT2D eigenvalue weighted by Crippen LogP contribution is -2.48. The number of nitrogens with zero attached hydrogens (tertiary/aromatic N) is 5.